The van der Waals surface area contributed by atoms with Gasteiger partial charge in [-0.3, -0.25) is 4.79 Å². The number of carbonyl (C=O) groups is 1. The van der Waals surface area contributed by atoms with Gasteiger partial charge in [0.25, 0.3) is 5.91 Å². The fourth-order valence-corrected chi connectivity index (χ4v) is 2.51. The van der Waals surface area contributed by atoms with Crippen molar-refractivity contribution >= 4 is 17.5 Å². The fraction of sp³-hybridized carbons (Fsp3) is 0.278. The summed E-state index contributed by atoms with van der Waals surface area (Å²) in [5, 5.41) is 0.728. The second-order valence-corrected chi connectivity index (χ2v) is 5.37. The van der Waals surface area contributed by atoms with E-state index in [4.69, 9.17) is 11.6 Å². The van der Waals surface area contributed by atoms with E-state index < -0.39 is 0 Å². The van der Waals surface area contributed by atoms with Crippen LogP contribution in [0.1, 0.15) is 35.3 Å². The summed E-state index contributed by atoms with van der Waals surface area (Å²) in [6.07, 6.45) is 0.736. The highest BCUT2D eigenvalue weighted by molar-refractivity contribution is 6.30. The molecule has 2 aromatic rings. The Morgan fingerprint density at radius 2 is 1.62 bits per heavy atom. The zero-order valence-corrected chi connectivity index (χ0v) is 13.2. The fourth-order valence-electron chi connectivity index (χ4n) is 2.39. The number of rotatable bonds is 5. The van der Waals surface area contributed by atoms with Crippen LogP contribution in [0.15, 0.2) is 48.5 Å². The zero-order valence-electron chi connectivity index (χ0n) is 12.5. The van der Waals surface area contributed by atoms with Crippen LogP contribution in [0.3, 0.4) is 0 Å². The van der Waals surface area contributed by atoms with Gasteiger partial charge in [0.2, 0.25) is 0 Å². The van der Waals surface area contributed by atoms with Crippen molar-refractivity contribution in [2.24, 2.45) is 0 Å². The highest BCUT2D eigenvalue weighted by Gasteiger charge is 2.15. The molecular weight excluding hydrogens is 282 g/mol. The number of benzene rings is 2. The van der Waals surface area contributed by atoms with E-state index in [-0.39, 0.29) is 5.91 Å². The van der Waals surface area contributed by atoms with E-state index in [2.05, 4.69) is 0 Å². The third kappa shape index (κ3) is 3.85. The molecule has 2 nitrogen and oxygen atoms in total. The third-order valence-corrected chi connectivity index (χ3v) is 3.86. The van der Waals surface area contributed by atoms with Crippen LogP contribution >= 0.6 is 11.6 Å². The lowest BCUT2D eigenvalue weighted by atomic mass is 9.99. The molecule has 2 rings (SSSR count). The molecule has 0 saturated heterocycles. The number of amides is 1. The smallest absolute Gasteiger partial charge is 0.254 e. The lowest BCUT2D eigenvalue weighted by molar-refractivity contribution is 0.0772. The van der Waals surface area contributed by atoms with Crippen molar-refractivity contribution in [3.63, 3.8) is 0 Å². The Balaban J connectivity index is 2.28. The number of halogens is 1. The molecule has 0 heterocycles. The maximum Gasteiger partial charge on any atom is 0.254 e. The maximum atomic E-state index is 12.6. The van der Waals surface area contributed by atoms with Crippen LogP contribution in [0.5, 0.6) is 0 Å². The van der Waals surface area contributed by atoms with Crippen molar-refractivity contribution in [2.45, 2.75) is 20.3 Å². The molecule has 0 aliphatic rings. The Morgan fingerprint density at radius 3 is 2.24 bits per heavy atom. The summed E-state index contributed by atoms with van der Waals surface area (Å²) in [5.41, 5.74) is 2.99. The summed E-state index contributed by atoms with van der Waals surface area (Å²) in [6.45, 7) is 5.46. The molecule has 1 amide bonds. The van der Waals surface area contributed by atoms with Crippen molar-refractivity contribution < 1.29 is 4.79 Å². The first-order valence-corrected chi connectivity index (χ1v) is 7.65. The van der Waals surface area contributed by atoms with Gasteiger partial charge in [-0.2, -0.15) is 0 Å². The summed E-state index contributed by atoms with van der Waals surface area (Å²) in [5.74, 6) is 0.101. The van der Waals surface area contributed by atoms with Gasteiger partial charge >= 0.3 is 0 Å². The Hall–Kier alpha value is -1.80. The molecule has 0 radical (unpaired) electrons. The molecule has 0 unspecified atom stereocenters. The van der Waals surface area contributed by atoms with Gasteiger partial charge in [0.15, 0.2) is 0 Å². The maximum absolute atomic E-state index is 12.6. The quantitative estimate of drug-likeness (QED) is 0.801. The molecule has 2 aromatic carbocycles. The molecule has 0 aliphatic heterocycles. The largest absolute Gasteiger partial charge is 0.339 e. The van der Waals surface area contributed by atoms with Gasteiger partial charge < -0.3 is 4.90 Å². The normalized spacial score (nSPS) is 10.4. The SMILES string of the molecule is CCN(CC)C(=O)c1ccccc1Cc1ccc(Cl)cc1. The van der Waals surface area contributed by atoms with Crippen molar-refractivity contribution in [2.75, 3.05) is 13.1 Å². The minimum absolute atomic E-state index is 0.101. The van der Waals surface area contributed by atoms with E-state index in [1.165, 1.54) is 0 Å². The van der Waals surface area contributed by atoms with Crippen molar-refractivity contribution in [3.05, 3.63) is 70.2 Å². The van der Waals surface area contributed by atoms with Gasteiger partial charge in [0.1, 0.15) is 0 Å². The molecule has 0 N–H and O–H groups in total. The van der Waals surface area contributed by atoms with E-state index >= 15 is 0 Å². The first-order valence-electron chi connectivity index (χ1n) is 7.27. The summed E-state index contributed by atoms with van der Waals surface area (Å²) in [4.78, 5) is 14.4. The molecular formula is C18H20ClNO. The van der Waals surface area contributed by atoms with Crippen LogP contribution in [-0.4, -0.2) is 23.9 Å². The standard InChI is InChI=1S/C18H20ClNO/c1-3-20(4-2)18(21)17-8-6-5-7-15(17)13-14-9-11-16(19)12-10-14/h5-12H,3-4,13H2,1-2H3. The molecule has 0 aromatic heterocycles. The highest BCUT2D eigenvalue weighted by atomic mass is 35.5. The minimum atomic E-state index is 0.101. The van der Waals surface area contributed by atoms with Crippen molar-refractivity contribution in [1.29, 1.82) is 0 Å². The predicted octanol–water partition coefficient (Wildman–Crippen LogP) is 4.41. The number of nitrogens with zero attached hydrogens (tertiary/aromatic N) is 1. The lowest BCUT2D eigenvalue weighted by Crippen LogP contribution is -2.31. The van der Waals surface area contributed by atoms with Crippen LogP contribution in [0.2, 0.25) is 5.02 Å². The van der Waals surface area contributed by atoms with Crippen molar-refractivity contribution in [3.8, 4) is 0 Å². The average molecular weight is 302 g/mol. The van der Waals surface area contributed by atoms with Crippen LogP contribution in [0.4, 0.5) is 0 Å². The number of carbonyl (C=O) groups excluding carboxylic acids is 1. The Labute approximate surface area is 131 Å². The second-order valence-electron chi connectivity index (χ2n) is 4.94. The van der Waals surface area contributed by atoms with Gasteiger partial charge in [0, 0.05) is 23.7 Å². The highest BCUT2D eigenvalue weighted by Crippen LogP contribution is 2.18. The molecule has 0 saturated carbocycles. The van der Waals surface area contributed by atoms with Gasteiger partial charge in [-0.25, -0.2) is 0 Å². The minimum Gasteiger partial charge on any atom is -0.339 e. The Bertz CT molecular complexity index is 603. The van der Waals surface area contributed by atoms with Gasteiger partial charge in [-0.1, -0.05) is 41.9 Å². The van der Waals surface area contributed by atoms with Crippen LogP contribution < -0.4 is 0 Å². The monoisotopic (exact) mass is 301 g/mol. The van der Waals surface area contributed by atoms with E-state index in [0.717, 1.165) is 41.2 Å². The van der Waals surface area contributed by atoms with Gasteiger partial charge in [0.05, 0.1) is 0 Å². The molecule has 0 spiro atoms. The average Bonchev–Trinajstić information content (AvgIpc) is 2.51. The predicted molar refractivity (Wildman–Crippen MR) is 88.0 cm³/mol. The van der Waals surface area contributed by atoms with Crippen molar-refractivity contribution in [1.82, 2.24) is 4.90 Å². The molecule has 0 atom stereocenters. The topological polar surface area (TPSA) is 20.3 Å². The second kappa shape index (κ2) is 7.28. The van der Waals surface area contributed by atoms with E-state index in [1.807, 2.05) is 67.3 Å². The Kier molecular flexibility index (Phi) is 5.40. The molecule has 0 aliphatic carbocycles. The molecule has 110 valence electrons. The molecule has 3 heteroatoms. The molecule has 0 bridgehead atoms. The van der Waals surface area contributed by atoms with Crippen LogP contribution in [0.25, 0.3) is 0 Å². The van der Waals surface area contributed by atoms with E-state index in [1.54, 1.807) is 0 Å². The molecule has 21 heavy (non-hydrogen) atoms. The first-order chi connectivity index (χ1) is 10.2. The van der Waals surface area contributed by atoms with Crippen LogP contribution in [0, 0.1) is 0 Å². The summed E-state index contributed by atoms with van der Waals surface area (Å²) >= 11 is 5.91. The lowest BCUT2D eigenvalue weighted by Gasteiger charge is -2.20. The summed E-state index contributed by atoms with van der Waals surface area (Å²) < 4.78 is 0. The first kappa shape index (κ1) is 15.6. The number of hydrogen-bond donors (Lipinski definition) is 0. The summed E-state index contributed by atoms with van der Waals surface area (Å²) in [6, 6.07) is 15.6. The summed E-state index contributed by atoms with van der Waals surface area (Å²) in [7, 11) is 0. The van der Waals surface area contributed by atoms with Gasteiger partial charge in [-0.15, -0.1) is 0 Å². The van der Waals surface area contributed by atoms with Crippen LogP contribution in [-0.2, 0) is 6.42 Å². The van der Waals surface area contributed by atoms with E-state index in [0.29, 0.717) is 0 Å². The molecule has 0 fully saturated rings. The Morgan fingerprint density at radius 1 is 1.00 bits per heavy atom. The van der Waals surface area contributed by atoms with E-state index in [9.17, 15) is 4.79 Å². The number of hydrogen-bond acceptors (Lipinski definition) is 1. The van der Waals surface area contributed by atoms with Gasteiger partial charge in [-0.05, 0) is 49.6 Å². The third-order valence-electron chi connectivity index (χ3n) is 3.61. The zero-order chi connectivity index (χ0) is 15.2.